The fourth-order valence-corrected chi connectivity index (χ4v) is 4.07. The third kappa shape index (κ3) is 24.8. The van der Waals surface area contributed by atoms with Gasteiger partial charge < -0.3 is 5.32 Å². The summed E-state index contributed by atoms with van der Waals surface area (Å²) in [5.74, 6) is 0.0579. The van der Waals surface area contributed by atoms with Crippen molar-refractivity contribution in [1.29, 1.82) is 0 Å². The van der Waals surface area contributed by atoms with E-state index < -0.39 is 10.1 Å². The molecule has 0 unspecified atom stereocenters. The van der Waals surface area contributed by atoms with E-state index in [2.05, 4.69) is 12.2 Å². The summed E-state index contributed by atoms with van der Waals surface area (Å²) in [7, 11) is -1.59. The van der Waals surface area contributed by atoms with Crippen molar-refractivity contribution in [3.05, 3.63) is 0 Å². The summed E-state index contributed by atoms with van der Waals surface area (Å²) < 4.78 is 28.0. The standard InChI is InChI=1S/C21H45NO3S.Na.H/c1-3-4-5-6-7-8-9-10-11-12-13-14-15-16-17-18-20-25-26(23,24)21-19-22-2;;/h22H,3-21H2,1-2H3;;. The Morgan fingerprint density at radius 2 is 1.04 bits per heavy atom. The third-order valence-corrected chi connectivity index (χ3v) is 6.09. The van der Waals surface area contributed by atoms with Crippen LogP contribution in [-0.4, -0.2) is 63.9 Å². The van der Waals surface area contributed by atoms with Gasteiger partial charge in [0.1, 0.15) is 0 Å². The number of nitrogens with one attached hydrogen (secondary N) is 1. The molecular formula is C21H46NNaO3S. The Bertz CT molecular complexity index is 378. The average molecular weight is 416 g/mol. The normalized spacial score (nSPS) is 11.5. The molecule has 0 bridgehead atoms. The Morgan fingerprint density at radius 3 is 1.41 bits per heavy atom. The molecule has 0 atom stereocenters. The molecule has 0 aromatic rings. The first-order valence-electron chi connectivity index (χ1n) is 11.1. The van der Waals surface area contributed by atoms with Gasteiger partial charge in [0.25, 0.3) is 10.1 Å². The second-order valence-corrected chi connectivity index (χ2v) is 9.25. The van der Waals surface area contributed by atoms with E-state index in [1.807, 2.05) is 0 Å². The molecule has 6 heteroatoms. The minimum atomic E-state index is -3.33. The Morgan fingerprint density at radius 1 is 0.667 bits per heavy atom. The first-order chi connectivity index (χ1) is 12.6. The second kappa shape index (κ2) is 23.2. The third-order valence-electron chi connectivity index (χ3n) is 4.86. The molecule has 0 aliphatic carbocycles. The van der Waals surface area contributed by atoms with Gasteiger partial charge in [-0.2, -0.15) is 8.42 Å². The van der Waals surface area contributed by atoms with Crippen LogP contribution in [0, 0.1) is 0 Å². The molecule has 1 N–H and O–H groups in total. The van der Waals surface area contributed by atoms with Gasteiger partial charge in [-0.15, -0.1) is 0 Å². The van der Waals surface area contributed by atoms with Crippen LogP contribution in [0.25, 0.3) is 0 Å². The minimum absolute atomic E-state index is 0. The van der Waals surface area contributed by atoms with Gasteiger partial charge in [0, 0.05) is 6.54 Å². The molecule has 0 aliphatic rings. The van der Waals surface area contributed by atoms with Gasteiger partial charge in [-0.1, -0.05) is 103 Å². The molecule has 0 amide bonds. The Balaban J connectivity index is 0. The second-order valence-electron chi connectivity index (χ2n) is 7.49. The van der Waals surface area contributed by atoms with E-state index in [4.69, 9.17) is 4.18 Å². The molecule has 0 rings (SSSR count). The fraction of sp³-hybridized carbons (Fsp3) is 1.00. The van der Waals surface area contributed by atoms with Crippen LogP contribution in [0.5, 0.6) is 0 Å². The molecule has 160 valence electrons. The van der Waals surface area contributed by atoms with E-state index in [0.717, 1.165) is 12.8 Å². The van der Waals surface area contributed by atoms with E-state index in [9.17, 15) is 8.42 Å². The monoisotopic (exact) mass is 415 g/mol. The zero-order valence-electron chi connectivity index (χ0n) is 17.6. The van der Waals surface area contributed by atoms with Crippen LogP contribution in [0.15, 0.2) is 0 Å². The summed E-state index contributed by atoms with van der Waals surface area (Å²) in [5.41, 5.74) is 0. The molecule has 0 heterocycles. The molecule has 4 nitrogen and oxygen atoms in total. The molecule has 0 radical (unpaired) electrons. The summed E-state index contributed by atoms with van der Waals surface area (Å²) in [6.45, 7) is 3.06. The number of unbranched alkanes of at least 4 members (excludes halogenated alkanes) is 15. The first kappa shape index (κ1) is 30.1. The van der Waals surface area contributed by atoms with Gasteiger partial charge in [0.05, 0.1) is 12.4 Å². The van der Waals surface area contributed by atoms with E-state index in [0.29, 0.717) is 13.2 Å². The van der Waals surface area contributed by atoms with Gasteiger partial charge in [0.15, 0.2) is 0 Å². The Labute approximate surface area is 192 Å². The van der Waals surface area contributed by atoms with Crippen LogP contribution in [-0.2, 0) is 14.3 Å². The van der Waals surface area contributed by atoms with Gasteiger partial charge in [-0.3, -0.25) is 4.18 Å². The number of hydrogen-bond acceptors (Lipinski definition) is 4. The molecule has 0 saturated heterocycles. The van der Waals surface area contributed by atoms with Crippen molar-refractivity contribution in [3.8, 4) is 0 Å². The van der Waals surface area contributed by atoms with Crippen molar-refractivity contribution in [2.24, 2.45) is 0 Å². The summed E-state index contributed by atoms with van der Waals surface area (Å²) in [6.07, 6.45) is 21.1. The van der Waals surface area contributed by atoms with Crippen molar-refractivity contribution in [2.45, 2.75) is 110 Å². The van der Waals surface area contributed by atoms with E-state index >= 15 is 0 Å². The Hall–Kier alpha value is 0.870. The van der Waals surface area contributed by atoms with Crippen LogP contribution in [0.2, 0.25) is 0 Å². The zero-order chi connectivity index (χ0) is 19.3. The van der Waals surface area contributed by atoms with Crippen LogP contribution < -0.4 is 5.32 Å². The maximum absolute atomic E-state index is 11.5. The van der Waals surface area contributed by atoms with Crippen LogP contribution in [0.1, 0.15) is 110 Å². The van der Waals surface area contributed by atoms with Gasteiger partial charge in [-0.25, -0.2) is 0 Å². The number of rotatable bonds is 21. The van der Waals surface area contributed by atoms with Crippen molar-refractivity contribution in [3.63, 3.8) is 0 Å². The fourth-order valence-electron chi connectivity index (χ4n) is 3.12. The predicted molar refractivity (Wildman–Crippen MR) is 120 cm³/mol. The van der Waals surface area contributed by atoms with Crippen molar-refractivity contribution >= 4 is 39.7 Å². The van der Waals surface area contributed by atoms with E-state index in [-0.39, 0.29) is 35.3 Å². The van der Waals surface area contributed by atoms with Gasteiger partial charge in [-0.05, 0) is 13.5 Å². The molecule has 0 aromatic carbocycles. The van der Waals surface area contributed by atoms with E-state index in [1.54, 1.807) is 7.05 Å². The topological polar surface area (TPSA) is 55.4 Å². The Kier molecular flexibility index (Phi) is 25.8. The van der Waals surface area contributed by atoms with Gasteiger partial charge >= 0.3 is 29.6 Å². The molecule has 0 aromatic heterocycles. The zero-order valence-corrected chi connectivity index (χ0v) is 18.4. The molecule has 0 fully saturated rings. The first-order valence-corrected chi connectivity index (χ1v) is 12.7. The van der Waals surface area contributed by atoms with Crippen molar-refractivity contribution < 1.29 is 12.6 Å². The molecular weight excluding hydrogens is 369 g/mol. The van der Waals surface area contributed by atoms with Crippen LogP contribution in [0.4, 0.5) is 0 Å². The quantitative estimate of drug-likeness (QED) is 0.160. The number of hydrogen-bond donors (Lipinski definition) is 1. The van der Waals surface area contributed by atoms with Crippen molar-refractivity contribution in [1.82, 2.24) is 5.32 Å². The summed E-state index contributed by atoms with van der Waals surface area (Å²) in [5, 5.41) is 2.82. The molecule has 0 spiro atoms. The van der Waals surface area contributed by atoms with Crippen LogP contribution >= 0.6 is 0 Å². The molecule has 0 saturated carbocycles. The SMILES string of the molecule is CCCCCCCCCCCCCCCCCCOS(=O)(=O)CCNC.[NaH]. The van der Waals surface area contributed by atoms with Crippen LogP contribution in [0.3, 0.4) is 0 Å². The average Bonchev–Trinajstić information content (AvgIpc) is 2.62. The van der Waals surface area contributed by atoms with Crippen molar-refractivity contribution in [2.75, 3.05) is 26.0 Å². The van der Waals surface area contributed by atoms with Gasteiger partial charge in [0.2, 0.25) is 0 Å². The summed E-state index contributed by atoms with van der Waals surface area (Å²) in [4.78, 5) is 0. The molecule has 0 aliphatic heterocycles. The molecule has 27 heavy (non-hydrogen) atoms. The van der Waals surface area contributed by atoms with E-state index in [1.165, 1.54) is 89.9 Å². The summed E-state index contributed by atoms with van der Waals surface area (Å²) in [6, 6.07) is 0. The summed E-state index contributed by atoms with van der Waals surface area (Å²) >= 11 is 0. The maximum atomic E-state index is 11.5. The predicted octanol–water partition coefficient (Wildman–Crippen LogP) is 5.17.